The molecule has 4 rings (SSSR count). The maximum atomic E-state index is 14.5. The first-order valence-electron chi connectivity index (χ1n) is 14.8. The molecule has 0 aliphatic carbocycles. The molecule has 0 aromatic rings. The summed E-state index contributed by atoms with van der Waals surface area (Å²) in [5.41, 5.74) is -2.10. The average molecular weight is 562 g/mol. The number of esters is 1. The smallest absolute Gasteiger partial charge is 0.312 e. The summed E-state index contributed by atoms with van der Waals surface area (Å²) in [6, 6.07) is -1.52. The Bertz CT molecular complexity index is 965. The summed E-state index contributed by atoms with van der Waals surface area (Å²) in [6.45, 7) is 17.7. The van der Waals surface area contributed by atoms with Crippen LogP contribution >= 0.6 is 0 Å². The highest BCUT2D eigenvalue weighted by molar-refractivity contribution is 5.98. The fraction of sp³-hybridized carbons (Fsp3) is 0.767. The average Bonchev–Trinajstić information content (AvgIpc) is 3.46. The van der Waals surface area contributed by atoms with Crippen LogP contribution in [-0.2, 0) is 28.6 Å². The standard InChI is InChI=1S/C30H47N3O7/c1-6-9-10-16-39-28(37)24-23-26(35)33(22(8-3)20-34)25(30(23)19-21(4)29(24,5)40-30)27(36)32(11-7-2)13-12-31-14-17-38-18-15-31/h6-7,21-25,34H,1-2,8-20H2,3-5H3/t21?,22-,23-,24+,25?,29-,30?/m0/s1. The number of hydrogen-bond donors (Lipinski definition) is 1. The lowest BCUT2D eigenvalue weighted by molar-refractivity contribution is -0.163. The maximum Gasteiger partial charge on any atom is 0.312 e. The molecule has 0 saturated carbocycles. The molecule has 224 valence electrons. The van der Waals surface area contributed by atoms with Gasteiger partial charge in [-0.05, 0) is 38.5 Å². The van der Waals surface area contributed by atoms with Crippen molar-refractivity contribution < 1.29 is 33.7 Å². The molecule has 4 saturated heterocycles. The van der Waals surface area contributed by atoms with Crippen molar-refractivity contribution in [1.82, 2.24) is 14.7 Å². The van der Waals surface area contributed by atoms with E-state index in [1.165, 1.54) is 4.90 Å². The van der Waals surface area contributed by atoms with Crippen molar-refractivity contribution in [3.8, 4) is 0 Å². The normalized spacial score (nSPS) is 34.0. The second-order valence-electron chi connectivity index (χ2n) is 11.8. The minimum Gasteiger partial charge on any atom is -0.465 e. The number of amides is 2. The highest BCUT2D eigenvalue weighted by Gasteiger charge is 2.80. The summed E-state index contributed by atoms with van der Waals surface area (Å²) in [5, 5.41) is 10.3. The number of unbranched alkanes of at least 4 members (excludes halogenated alkanes) is 1. The molecular weight excluding hydrogens is 514 g/mol. The van der Waals surface area contributed by atoms with E-state index in [1.54, 1.807) is 17.1 Å². The number of rotatable bonds is 14. The van der Waals surface area contributed by atoms with E-state index in [0.717, 1.165) is 19.5 Å². The second-order valence-corrected chi connectivity index (χ2v) is 11.8. The lowest BCUT2D eigenvalue weighted by Crippen LogP contribution is -2.59. The van der Waals surface area contributed by atoms with Gasteiger partial charge in [-0.2, -0.15) is 0 Å². The molecule has 10 heteroatoms. The van der Waals surface area contributed by atoms with Crippen LogP contribution < -0.4 is 0 Å². The third kappa shape index (κ3) is 5.24. The van der Waals surface area contributed by atoms with Crippen LogP contribution in [0.15, 0.2) is 25.3 Å². The van der Waals surface area contributed by atoms with E-state index in [4.69, 9.17) is 14.2 Å². The fourth-order valence-corrected chi connectivity index (χ4v) is 7.32. The Labute approximate surface area is 238 Å². The fourth-order valence-electron chi connectivity index (χ4n) is 7.32. The van der Waals surface area contributed by atoms with Gasteiger partial charge in [-0.1, -0.05) is 26.0 Å². The van der Waals surface area contributed by atoms with Crippen molar-refractivity contribution in [1.29, 1.82) is 0 Å². The Hall–Kier alpha value is -2.27. The van der Waals surface area contributed by atoms with Crippen molar-refractivity contribution in [2.24, 2.45) is 17.8 Å². The molecule has 0 aromatic carbocycles. The zero-order valence-electron chi connectivity index (χ0n) is 24.4. The van der Waals surface area contributed by atoms with Gasteiger partial charge in [0.05, 0.1) is 44.0 Å². The van der Waals surface area contributed by atoms with Gasteiger partial charge >= 0.3 is 5.97 Å². The molecule has 40 heavy (non-hydrogen) atoms. The van der Waals surface area contributed by atoms with Crippen molar-refractivity contribution in [2.75, 3.05) is 59.2 Å². The Kier molecular flexibility index (Phi) is 9.75. The summed E-state index contributed by atoms with van der Waals surface area (Å²) in [4.78, 5) is 47.9. The number of aliphatic hydroxyl groups excluding tert-OH is 1. The van der Waals surface area contributed by atoms with E-state index in [0.29, 0.717) is 52.1 Å². The quantitative estimate of drug-likeness (QED) is 0.194. The van der Waals surface area contributed by atoms with Crippen LogP contribution in [0.3, 0.4) is 0 Å². The van der Waals surface area contributed by atoms with Gasteiger partial charge in [0.15, 0.2) is 0 Å². The van der Waals surface area contributed by atoms with E-state index in [9.17, 15) is 19.5 Å². The minimum absolute atomic E-state index is 0.0760. The Morgan fingerprint density at radius 1 is 1.27 bits per heavy atom. The number of carbonyl (C=O) groups excluding carboxylic acids is 3. The predicted molar refractivity (Wildman–Crippen MR) is 149 cm³/mol. The minimum atomic E-state index is -1.17. The van der Waals surface area contributed by atoms with Gasteiger partial charge in [0.2, 0.25) is 11.8 Å². The highest BCUT2D eigenvalue weighted by atomic mass is 16.6. The summed E-state index contributed by atoms with van der Waals surface area (Å²) in [7, 11) is 0. The Morgan fingerprint density at radius 3 is 2.62 bits per heavy atom. The third-order valence-electron chi connectivity index (χ3n) is 9.56. The molecule has 4 aliphatic heterocycles. The molecule has 1 spiro atoms. The first-order valence-corrected chi connectivity index (χ1v) is 14.8. The van der Waals surface area contributed by atoms with E-state index in [1.807, 2.05) is 20.8 Å². The topological polar surface area (TPSA) is 109 Å². The van der Waals surface area contributed by atoms with Crippen LogP contribution in [-0.4, -0.2) is 120 Å². The maximum absolute atomic E-state index is 14.5. The van der Waals surface area contributed by atoms with Gasteiger partial charge in [-0.3, -0.25) is 19.3 Å². The Balaban J connectivity index is 1.68. The van der Waals surface area contributed by atoms with E-state index < -0.39 is 41.1 Å². The molecule has 2 bridgehead atoms. The van der Waals surface area contributed by atoms with Crippen LogP contribution in [0.1, 0.15) is 46.5 Å². The summed E-state index contributed by atoms with van der Waals surface area (Å²) in [6.07, 6.45) is 5.77. The van der Waals surface area contributed by atoms with Crippen LogP contribution in [0.2, 0.25) is 0 Å². The zero-order chi connectivity index (χ0) is 29.1. The van der Waals surface area contributed by atoms with Gasteiger partial charge in [0.1, 0.15) is 17.6 Å². The van der Waals surface area contributed by atoms with Crippen LogP contribution in [0, 0.1) is 17.8 Å². The van der Waals surface area contributed by atoms with Gasteiger partial charge in [-0.15, -0.1) is 13.2 Å². The van der Waals surface area contributed by atoms with Gasteiger partial charge in [-0.25, -0.2) is 0 Å². The molecule has 7 atom stereocenters. The molecule has 2 amide bonds. The van der Waals surface area contributed by atoms with E-state index in [2.05, 4.69) is 18.1 Å². The third-order valence-corrected chi connectivity index (χ3v) is 9.56. The summed E-state index contributed by atoms with van der Waals surface area (Å²) >= 11 is 0. The highest BCUT2D eigenvalue weighted by Crippen LogP contribution is 2.65. The molecule has 3 unspecified atom stereocenters. The lowest BCUT2D eigenvalue weighted by atomic mass is 9.62. The SMILES string of the molecule is C=CCCCOC(=O)[C@H]1[C@H]2C(=O)N([C@@H](CC)CO)C(C(=O)N(CC=C)CCN3CCOCC3)C23CC(C)[C@]1(C)O3. The van der Waals surface area contributed by atoms with Crippen molar-refractivity contribution >= 4 is 17.8 Å². The number of hydrogen-bond acceptors (Lipinski definition) is 8. The number of morpholine rings is 1. The largest absolute Gasteiger partial charge is 0.465 e. The van der Waals surface area contributed by atoms with Crippen molar-refractivity contribution in [2.45, 2.75) is 69.7 Å². The lowest BCUT2D eigenvalue weighted by Gasteiger charge is -2.40. The first-order chi connectivity index (χ1) is 19.2. The van der Waals surface area contributed by atoms with E-state index >= 15 is 0 Å². The number of allylic oxidation sites excluding steroid dienone is 1. The first kappa shape index (κ1) is 30.7. The number of nitrogens with zero attached hydrogens (tertiary/aromatic N) is 3. The van der Waals surface area contributed by atoms with Crippen LogP contribution in [0.4, 0.5) is 0 Å². The number of likely N-dealkylation sites (tertiary alicyclic amines) is 1. The molecule has 0 aromatic heterocycles. The van der Waals surface area contributed by atoms with Gasteiger partial charge in [0.25, 0.3) is 0 Å². The molecule has 10 nitrogen and oxygen atoms in total. The van der Waals surface area contributed by atoms with Crippen LogP contribution in [0.5, 0.6) is 0 Å². The van der Waals surface area contributed by atoms with Gasteiger partial charge < -0.3 is 29.1 Å². The second kappa shape index (κ2) is 12.7. The van der Waals surface area contributed by atoms with Crippen molar-refractivity contribution in [3.63, 3.8) is 0 Å². The molecule has 4 fully saturated rings. The van der Waals surface area contributed by atoms with E-state index in [-0.39, 0.29) is 30.9 Å². The molecular formula is C30H47N3O7. The number of fused-ring (bicyclic) bond motifs is 1. The summed E-state index contributed by atoms with van der Waals surface area (Å²) < 4.78 is 17.9. The summed E-state index contributed by atoms with van der Waals surface area (Å²) in [5.74, 6) is -2.75. The molecule has 0 radical (unpaired) electrons. The molecule has 1 N–H and O–H groups in total. The van der Waals surface area contributed by atoms with Crippen LogP contribution in [0.25, 0.3) is 0 Å². The number of carbonyl (C=O) groups is 3. The predicted octanol–water partition coefficient (Wildman–Crippen LogP) is 1.62. The number of aliphatic hydroxyl groups is 1. The zero-order valence-corrected chi connectivity index (χ0v) is 24.4. The monoisotopic (exact) mass is 561 g/mol. The Morgan fingerprint density at radius 2 is 2.00 bits per heavy atom. The molecule has 4 heterocycles. The van der Waals surface area contributed by atoms with Crippen molar-refractivity contribution in [3.05, 3.63) is 25.3 Å². The molecule has 4 aliphatic rings. The number of ether oxygens (including phenoxy) is 3. The van der Waals surface area contributed by atoms with Gasteiger partial charge in [0, 0.05) is 32.7 Å².